The van der Waals surface area contributed by atoms with Crippen molar-refractivity contribution in [2.24, 2.45) is 52.3 Å². The van der Waals surface area contributed by atoms with Crippen LogP contribution in [0.15, 0.2) is 0 Å². The zero-order valence-corrected chi connectivity index (χ0v) is 24.9. The summed E-state index contributed by atoms with van der Waals surface area (Å²) in [5, 5.41) is 36.8. The van der Waals surface area contributed by atoms with Gasteiger partial charge in [0, 0.05) is 20.6 Å². The van der Waals surface area contributed by atoms with Crippen LogP contribution < -0.4 is 10.0 Å². The van der Waals surface area contributed by atoms with Gasteiger partial charge in [0.1, 0.15) is 0 Å². The maximum Gasteiger partial charge on any atom is 0.329 e. The molecule has 38 heavy (non-hydrogen) atoms. The predicted octanol–water partition coefficient (Wildman–Crippen LogP) is 2.72. The largest absolute Gasteiger partial charge is 0.393 e. The van der Waals surface area contributed by atoms with Crippen LogP contribution in [0.2, 0.25) is 0 Å². The van der Waals surface area contributed by atoms with Crippen molar-refractivity contribution in [3.05, 3.63) is 0 Å². The van der Waals surface area contributed by atoms with E-state index in [2.05, 4.69) is 33.0 Å². The molecule has 4 saturated carbocycles. The summed E-state index contributed by atoms with van der Waals surface area (Å²) in [7, 11) is -1.12. The molecule has 0 aromatic carbocycles. The molecule has 220 valence electrons. The molecule has 9 nitrogen and oxygen atoms in total. The van der Waals surface area contributed by atoms with Crippen LogP contribution in [0.1, 0.15) is 79.1 Å². The fraction of sp³-hybridized carbons (Fsp3) is 0.964. The number of aliphatic hydroxyl groups excluding tert-OH is 3. The molecule has 0 aromatic rings. The molecule has 0 radical (unpaired) electrons. The van der Waals surface area contributed by atoms with Crippen molar-refractivity contribution in [3.63, 3.8) is 0 Å². The highest BCUT2D eigenvalue weighted by molar-refractivity contribution is 7.87. The van der Waals surface area contributed by atoms with Crippen LogP contribution in [-0.4, -0.2) is 73.0 Å². The fourth-order valence-electron chi connectivity index (χ4n) is 9.75. The molecule has 4 rings (SSSR count). The van der Waals surface area contributed by atoms with Crippen molar-refractivity contribution in [2.75, 3.05) is 20.6 Å². The summed E-state index contributed by atoms with van der Waals surface area (Å²) in [5.41, 5.74) is -0.284. The zero-order chi connectivity index (χ0) is 28.2. The molecule has 0 saturated heterocycles. The quantitative estimate of drug-likeness (QED) is 0.326. The van der Waals surface area contributed by atoms with Gasteiger partial charge >= 0.3 is 16.2 Å². The highest BCUT2D eigenvalue weighted by Crippen LogP contribution is 2.69. The topological polar surface area (TPSA) is 139 Å². The summed E-state index contributed by atoms with van der Waals surface area (Å²) < 4.78 is 26.7. The molecule has 10 heteroatoms. The zero-order valence-electron chi connectivity index (χ0n) is 24.1. The number of rotatable bonds is 7. The van der Waals surface area contributed by atoms with Crippen molar-refractivity contribution in [1.29, 1.82) is 0 Å². The molecular weight excluding hydrogens is 506 g/mol. The second kappa shape index (κ2) is 10.8. The number of carbonyl (C=O) groups excluding carboxylic acids is 1. The van der Waals surface area contributed by atoms with Crippen LogP contribution in [0.25, 0.3) is 0 Å². The Bertz CT molecular complexity index is 978. The van der Waals surface area contributed by atoms with Gasteiger partial charge in [0.2, 0.25) is 0 Å². The number of hydrogen-bond acceptors (Lipinski definition) is 6. The molecule has 1 unspecified atom stereocenters. The smallest absolute Gasteiger partial charge is 0.329 e. The highest BCUT2D eigenvalue weighted by atomic mass is 32.2. The standard InChI is InChI=1S/C28H51N3O6S/c1-7-18-21-14-17(32)10-12-27(21,3)22-15-23(33)28(4)19(8-9-20(28)24(22)25(18)34)16(2)11-13-29-26(35)30-38(36,37)31(5)6/h16-25,32-34H,7-15H2,1-6H3,(H2,29,30,35)/t16-,17-,18-,19-,20+,21+,22+,23-,24?,25-,27+,28-/m1/s1. The number of nitrogens with zero attached hydrogens (tertiary/aromatic N) is 1. The van der Waals surface area contributed by atoms with Crippen molar-refractivity contribution in [2.45, 2.75) is 97.4 Å². The first-order valence-electron chi connectivity index (χ1n) is 14.7. The molecule has 0 heterocycles. The minimum absolute atomic E-state index is 0.0278. The lowest BCUT2D eigenvalue weighted by Gasteiger charge is -2.65. The molecule has 4 fully saturated rings. The third-order valence-corrected chi connectivity index (χ3v) is 13.2. The number of aliphatic hydroxyl groups is 3. The number of nitrogens with one attached hydrogen (secondary N) is 2. The third-order valence-electron chi connectivity index (χ3n) is 11.8. The van der Waals surface area contributed by atoms with Gasteiger partial charge in [-0.1, -0.05) is 34.1 Å². The Morgan fingerprint density at radius 2 is 1.74 bits per heavy atom. The van der Waals surface area contributed by atoms with E-state index in [9.17, 15) is 28.5 Å². The number of fused-ring (bicyclic) bond motifs is 5. The summed E-state index contributed by atoms with van der Waals surface area (Å²) >= 11 is 0. The minimum Gasteiger partial charge on any atom is -0.393 e. The molecule has 5 N–H and O–H groups in total. The van der Waals surface area contributed by atoms with Crippen molar-refractivity contribution < 1.29 is 28.5 Å². The van der Waals surface area contributed by atoms with Crippen LogP contribution in [0.4, 0.5) is 4.79 Å². The molecule has 12 atom stereocenters. The first kappa shape index (κ1) is 30.0. The summed E-state index contributed by atoms with van der Waals surface area (Å²) in [6.07, 6.45) is 5.59. The first-order valence-corrected chi connectivity index (χ1v) is 16.1. The van der Waals surface area contributed by atoms with Crippen molar-refractivity contribution in [3.8, 4) is 0 Å². The summed E-state index contributed by atoms with van der Waals surface area (Å²) in [4.78, 5) is 12.1. The Hall–Kier alpha value is -0.940. The fourth-order valence-corrected chi connectivity index (χ4v) is 10.2. The maximum atomic E-state index is 12.1. The van der Waals surface area contributed by atoms with Gasteiger partial charge in [0.25, 0.3) is 0 Å². The van der Waals surface area contributed by atoms with Gasteiger partial charge < -0.3 is 20.6 Å². The molecule has 2 amide bonds. The molecular formula is C28H51N3O6S. The lowest BCUT2D eigenvalue weighted by molar-refractivity contribution is -0.228. The van der Waals surface area contributed by atoms with Crippen LogP contribution >= 0.6 is 0 Å². The molecule has 0 aromatic heterocycles. The number of hydrogen-bond donors (Lipinski definition) is 5. The van der Waals surface area contributed by atoms with Crippen LogP contribution in [0.5, 0.6) is 0 Å². The number of carbonyl (C=O) groups is 1. The van der Waals surface area contributed by atoms with Gasteiger partial charge in [-0.05, 0) is 97.2 Å². The van der Waals surface area contributed by atoms with E-state index in [0.29, 0.717) is 19.4 Å². The Morgan fingerprint density at radius 1 is 1.05 bits per heavy atom. The van der Waals surface area contributed by atoms with Crippen molar-refractivity contribution >= 4 is 16.2 Å². The van der Waals surface area contributed by atoms with Gasteiger partial charge in [0.05, 0.1) is 18.3 Å². The Balaban J connectivity index is 1.48. The van der Waals surface area contributed by atoms with Gasteiger partial charge in [-0.25, -0.2) is 9.52 Å². The molecule has 0 bridgehead atoms. The van der Waals surface area contributed by atoms with E-state index in [1.165, 1.54) is 14.1 Å². The van der Waals surface area contributed by atoms with Gasteiger partial charge in [-0.2, -0.15) is 12.7 Å². The number of amides is 2. The minimum atomic E-state index is -3.84. The molecule has 0 spiro atoms. The van der Waals surface area contributed by atoms with Crippen molar-refractivity contribution in [1.82, 2.24) is 14.3 Å². The van der Waals surface area contributed by atoms with Gasteiger partial charge in [-0.3, -0.25) is 0 Å². The highest BCUT2D eigenvalue weighted by Gasteiger charge is 2.67. The first-order chi connectivity index (χ1) is 17.7. The van der Waals surface area contributed by atoms with E-state index in [-0.39, 0.29) is 58.4 Å². The lowest BCUT2D eigenvalue weighted by atomic mass is 9.41. The second-order valence-electron chi connectivity index (χ2n) is 13.6. The SMILES string of the molecule is CC[C@H]1[C@@H](O)C2[C@H](C[C@@H](O)[C@]3(C)[C@@H]([C@H](C)CCNC(=O)NS(=O)(=O)N(C)C)CC[C@@H]23)[C@@]2(C)CC[C@@H](O)C[C@@H]12. The molecule has 4 aliphatic carbocycles. The van der Waals surface area contributed by atoms with Crippen LogP contribution in [-0.2, 0) is 10.2 Å². The summed E-state index contributed by atoms with van der Waals surface area (Å²) in [6, 6.07) is -0.738. The maximum absolute atomic E-state index is 12.1. The summed E-state index contributed by atoms with van der Waals surface area (Å²) in [6.45, 7) is 9.27. The Kier molecular flexibility index (Phi) is 8.54. The molecule has 0 aliphatic heterocycles. The van der Waals surface area contributed by atoms with E-state index < -0.39 is 28.4 Å². The van der Waals surface area contributed by atoms with E-state index >= 15 is 0 Å². The normalized spacial score (nSPS) is 45.6. The Morgan fingerprint density at radius 3 is 2.37 bits per heavy atom. The third kappa shape index (κ3) is 4.91. The lowest BCUT2D eigenvalue weighted by Crippen LogP contribution is -2.65. The Labute approximate surface area is 229 Å². The van der Waals surface area contributed by atoms with Crippen LogP contribution in [0.3, 0.4) is 0 Å². The van der Waals surface area contributed by atoms with Crippen LogP contribution in [0, 0.1) is 52.3 Å². The average molecular weight is 558 g/mol. The molecule has 4 aliphatic rings. The second-order valence-corrected chi connectivity index (χ2v) is 15.5. The van der Waals surface area contributed by atoms with Gasteiger partial charge in [-0.15, -0.1) is 0 Å². The van der Waals surface area contributed by atoms with E-state index in [1.54, 1.807) is 0 Å². The predicted molar refractivity (Wildman–Crippen MR) is 146 cm³/mol. The summed E-state index contributed by atoms with van der Waals surface area (Å²) in [5.74, 6) is 1.58. The monoisotopic (exact) mass is 557 g/mol. The van der Waals surface area contributed by atoms with E-state index in [4.69, 9.17) is 0 Å². The number of urea groups is 1. The average Bonchev–Trinajstić information content (AvgIpc) is 3.19. The van der Waals surface area contributed by atoms with Gasteiger partial charge in [0.15, 0.2) is 0 Å². The van der Waals surface area contributed by atoms with E-state index in [0.717, 1.165) is 42.8 Å². The van der Waals surface area contributed by atoms with E-state index in [1.807, 2.05) is 4.72 Å².